The Kier molecular flexibility index (Phi) is 4.77. The van der Waals surface area contributed by atoms with Crippen LogP contribution in [0.5, 0.6) is 0 Å². The number of benzene rings is 2. The van der Waals surface area contributed by atoms with Gasteiger partial charge in [0, 0.05) is 9.58 Å². The smallest absolute Gasteiger partial charge is 0.383 e. The number of fused-ring (bicyclic) bond motifs is 1. The van der Waals surface area contributed by atoms with Crippen LogP contribution in [0.1, 0.15) is 27.7 Å². The lowest BCUT2D eigenvalue weighted by molar-refractivity contribution is -0.137. The van der Waals surface area contributed by atoms with Gasteiger partial charge in [-0.25, -0.2) is 0 Å². The minimum Gasteiger partial charge on any atom is -0.383 e. The molecular formula is C19H16F3NO2S. The number of carbonyl (C=O) groups is 1. The summed E-state index contributed by atoms with van der Waals surface area (Å²) in [7, 11) is 0. The lowest BCUT2D eigenvalue weighted by Crippen LogP contribution is -2.38. The van der Waals surface area contributed by atoms with Gasteiger partial charge in [-0.2, -0.15) is 13.2 Å². The molecule has 0 spiro atoms. The van der Waals surface area contributed by atoms with Gasteiger partial charge in [0.2, 0.25) is 0 Å². The average molecular weight is 379 g/mol. The van der Waals surface area contributed by atoms with E-state index in [-0.39, 0.29) is 6.54 Å². The van der Waals surface area contributed by atoms with E-state index in [1.165, 1.54) is 30.4 Å². The van der Waals surface area contributed by atoms with Crippen LogP contribution in [0.2, 0.25) is 0 Å². The molecule has 3 aromatic rings. The first kappa shape index (κ1) is 18.4. The van der Waals surface area contributed by atoms with Gasteiger partial charge in [-0.05, 0) is 36.6 Å². The molecule has 0 fully saturated rings. The third-order valence-electron chi connectivity index (χ3n) is 4.03. The Morgan fingerprint density at radius 2 is 1.77 bits per heavy atom. The van der Waals surface area contributed by atoms with E-state index in [1.54, 1.807) is 0 Å². The number of halogens is 3. The van der Waals surface area contributed by atoms with Crippen LogP contribution in [-0.4, -0.2) is 17.6 Å². The van der Waals surface area contributed by atoms with Crippen LogP contribution in [-0.2, 0) is 11.8 Å². The zero-order chi connectivity index (χ0) is 18.9. The second kappa shape index (κ2) is 6.74. The number of hydrogen-bond acceptors (Lipinski definition) is 3. The minimum absolute atomic E-state index is 0.204. The fraction of sp³-hybridized carbons (Fsp3) is 0.211. The van der Waals surface area contributed by atoms with Crippen molar-refractivity contribution in [2.75, 3.05) is 6.54 Å². The van der Waals surface area contributed by atoms with Crippen molar-refractivity contribution in [2.45, 2.75) is 18.7 Å². The summed E-state index contributed by atoms with van der Waals surface area (Å²) in [5.41, 5.74) is -2.86. The van der Waals surface area contributed by atoms with Gasteiger partial charge in [-0.1, -0.05) is 30.3 Å². The number of nitrogens with one attached hydrogen (secondary N) is 1. The molecule has 0 aliphatic rings. The molecule has 1 amide bonds. The Balaban J connectivity index is 1.79. The van der Waals surface area contributed by atoms with E-state index in [0.29, 0.717) is 4.88 Å². The highest BCUT2D eigenvalue weighted by Gasteiger charge is 2.35. The van der Waals surface area contributed by atoms with Gasteiger partial charge >= 0.3 is 6.18 Å². The van der Waals surface area contributed by atoms with Crippen LogP contribution in [0.25, 0.3) is 10.1 Å². The fourth-order valence-electron chi connectivity index (χ4n) is 2.61. The minimum atomic E-state index is -4.62. The quantitative estimate of drug-likeness (QED) is 0.698. The first-order chi connectivity index (χ1) is 12.2. The summed E-state index contributed by atoms with van der Waals surface area (Å²) < 4.78 is 40.1. The molecule has 0 saturated heterocycles. The van der Waals surface area contributed by atoms with Gasteiger partial charge in [0.25, 0.3) is 5.91 Å². The van der Waals surface area contributed by atoms with Gasteiger partial charge in [-0.3, -0.25) is 4.79 Å². The van der Waals surface area contributed by atoms with E-state index in [0.717, 1.165) is 22.2 Å². The molecular weight excluding hydrogens is 363 g/mol. The molecule has 136 valence electrons. The number of hydrogen-bond donors (Lipinski definition) is 2. The summed E-state index contributed by atoms with van der Waals surface area (Å²) in [6, 6.07) is 14.0. The Morgan fingerprint density at radius 1 is 1.12 bits per heavy atom. The van der Waals surface area contributed by atoms with Crippen molar-refractivity contribution in [3.05, 3.63) is 70.6 Å². The number of rotatable bonds is 4. The second-order valence-corrected chi connectivity index (χ2v) is 7.23. The molecule has 2 aromatic carbocycles. The van der Waals surface area contributed by atoms with Gasteiger partial charge < -0.3 is 10.4 Å². The zero-order valence-corrected chi connectivity index (χ0v) is 14.6. The molecule has 0 saturated carbocycles. The van der Waals surface area contributed by atoms with Crippen LogP contribution >= 0.6 is 11.3 Å². The molecule has 1 atom stereocenters. The molecule has 0 radical (unpaired) electrons. The predicted molar refractivity (Wildman–Crippen MR) is 95.2 cm³/mol. The summed E-state index contributed by atoms with van der Waals surface area (Å²) in [5, 5.41) is 14.1. The Morgan fingerprint density at radius 3 is 2.46 bits per heavy atom. The van der Waals surface area contributed by atoms with E-state index in [1.807, 2.05) is 30.3 Å². The third-order valence-corrected chi connectivity index (χ3v) is 5.40. The second-order valence-electron chi connectivity index (χ2n) is 6.15. The van der Waals surface area contributed by atoms with Gasteiger partial charge in [0.05, 0.1) is 17.7 Å². The molecule has 0 bridgehead atoms. The van der Waals surface area contributed by atoms with Crippen molar-refractivity contribution in [3.63, 3.8) is 0 Å². The van der Waals surface area contributed by atoms with Crippen molar-refractivity contribution in [3.8, 4) is 0 Å². The molecule has 1 heterocycles. The summed E-state index contributed by atoms with van der Waals surface area (Å²) in [4.78, 5) is 12.9. The van der Waals surface area contributed by atoms with E-state index >= 15 is 0 Å². The normalized spacial score (nSPS) is 14.2. The van der Waals surface area contributed by atoms with Crippen LogP contribution < -0.4 is 5.32 Å². The molecule has 2 N–H and O–H groups in total. The summed E-state index contributed by atoms with van der Waals surface area (Å²) in [6.45, 7) is 1.32. The summed E-state index contributed by atoms with van der Waals surface area (Å²) in [6.07, 6.45) is -4.62. The number of alkyl halides is 3. The monoisotopic (exact) mass is 379 g/mol. The maximum absolute atomic E-state index is 13.0. The topological polar surface area (TPSA) is 49.3 Å². The van der Waals surface area contributed by atoms with E-state index in [4.69, 9.17) is 0 Å². The molecule has 26 heavy (non-hydrogen) atoms. The van der Waals surface area contributed by atoms with Crippen molar-refractivity contribution >= 4 is 27.3 Å². The first-order valence-electron chi connectivity index (χ1n) is 7.84. The Bertz CT molecular complexity index is 914. The third kappa shape index (κ3) is 3.73. The number of thiophene rings is 1. The molecule has 0 aliphatic carbocycles. The molecule has 3 rings (SSSR count). The summed E-state index contributed by atoms with van der Waals surface area (Å²) >= 11 is 1.38. The van der Waals surface area contributed by atoms with E-state index < -0.39 is 28.8 Å². The molecule has 7 heteroatoms. The summed E-state index contributed by atoms with van der Waals surface area (Å²) in [5.74, 6) is -0.876. The molecule has 1 aromatic heterocycles. The number of carbonyl (C=O) groups excluding carboxylic acids is 1. The molecule has 1 unspecified atom stereocenters. The van der Waals surface area contributed by atoms with Gasteiger partial charge in [-0.15, -0.1) is 11.3 Å². The maximum Gasteiger partial charge on any atom is 0.417 e. The van der Waals surface area contributed by atoms with Crippen molar-refractivity contribution in [1.29, 1.82) is 0 Å². The Labute approximate surface area is 152 Å². The largest absolute Gasteiger partial charge is 0.417 e. The van der Waals surface area contributed by atoms with Crippen molar-refractivity contribution in [1.82, 2.24) is 5.32 Å². The average Bonchev–Trinajstić information content (AvgIpc) is 3.04. The first-order valence-corrected chi connectivity index (χ1v) is 8.66. The molecule has 0 aliphatic heterocycles. The standard InChI is InChI=1S/C19H16F3NO2S/c1-18(25,16-10-12-6-2-5-9-15(12)26-16)11-23-17(24)13-7-3-4-8-14(13)19(20,21)22/h2-10,25H,11H2,1H3,(H,23,24). The van der Waals surface area contributed by atoms with Crippen molar-refractivity contribution in [2.24, 2.45) is 0 Å². The van der Waals surface area contributed by atoms with E-state index in [2.05, 4.69) is 5.32 Å². The van der Waals surface area contributed by atoms with Crippen LogP contribution in [0.15, 0.2) is 54.6 Å². The highest BCUT2D eigenvalue weighted by Crippen LogP contribution is 2.34. The lowest BCUT2D eigenvalue weighted by Gasteiger charge is -2.22. The predicted octanol–water partition coefficient (Wildman–Crippen LogP) is 4.56. The van der Waals surface area contributed by atoms with Crippen LogP contribution in [0.4, 0.5) is 13.2 Å². The maximum atomic E-state index is 13.0. The number of amides is 1. The van der Waals surface area contributed by atoms with Crippen molar-refractivity contribution < 1.29 is 23.1 Å². The zero-order valence-electron chi connectivity index (χ0n) is 13.8. The molecule has 3 nitrogen and oxygen atoms in total. The highest BCUT2D eigenvalue weighted by atomic mass is 32.1. The lowest BCUT2D eigenvalue weighted by atomic mass is 10.0. The van der Waals surface area contributed by atoms with Crippen LogP contribution in [0.3, 0.4) is 0 Å². The van der Waals surface area contributed by atoms with Crippen LogP contribution in [0, 0.1) is 0 Å². The fourth-order valence-corrected chi connectivity index (χ4v) is 3.72. The van der Waals surface area contributed by atoms with E-state index in [9.17, 15) is 23.1 Å². The highest BCUT2D eigenvalue weighted by molar-refractivity contribution is 7.19. The Hall–Kier alpha value is -2.38. The van der Waals surface area contributed by atoms with Gasteiger partial charge in [0.1, 0.15) is 5.60 Å². The number of aliphatic hydroxyl groups is 1. The van der Waals surface area contributed by atoms with Gasteiger partial charge in [0.15, 0.2) is 0 Å². The SMILES string of the molecule is CC(O)(CNC(=O)c1ccccc1C(F)(F)F)c1cc2ccccc2s1.